The molecule has 0 heterocycles. The van der Waals surface area contributed by atoms with Gasteiger partial charge in [-0.25, -0.2) is 17.9 Å². The molecule has 0 fully saturated rings. The standard InChI is InChI=1S/C19H20N2O5S/c1-3-13-20-27(24,25)17-11-9-15(10-12-17)19(23)26-14(2)18(22)21-16-7-5-4-6-8-16/h3-12,14,20H,1,13H2,2H3,(H,21,22)/t14-/m0/s1. The zero-order valence-corrected chi connectivity index (χ0v) is 15.5. The number of para-hydroxylation sites is 1. The van der Waals surface area contributed by atoms with Crippen molar-refractivity contribution in [2.45, 2.75) is 17.9 Å². The van der Waals surface area contributed by atoms with Gasteiger partial charge in [-0.15, -0.1) is 6.58 Å². The zero-order valence-electron chi connectivity index (χ0n) is 14.7. The monoisotopic (exact) mass is 388 g/mol. The average Bonchev–Trinajstić information content (AvgIpc) is 2.67. The molecule has 2 aromatic rings. The molecule has 2 rings (SSSR count). The van der Waals surface area contributed by atoms with Crippen molar-refractivity contribution in [3.8, 4) is 0 Å². The number of benzene rings is 2. The van der Waals surface area contributed by atoms with Gasteiger partial charge >= 0.3 is 5.97 Å². The third-order valence-electron chi connectivity index (χ3n) is 3.51. The first-order chi connectivity index (χ1) is 12.8. The lowest BCUT2D eigenvalue weighted by Crippen LogP contribution is -2.30. The largest absolute Gasteiger partial charge is 0.449 e. The maximum absolute atomic E-state index is 12.2. The molecule has 1 atom stereocenters. The molecule has 0 aliphatic rings. The van der Waals surface area contributed by atoms with E-state index in [1.807, 2.05) is 6.07 Å². The molecule has 0 aromatic heterocycles. The molecule has 0 saturated carbocycles. The molecular weight excluding hydrogens is 368 g/mol. The number of carbonyl (C=O) groups excluding carboxylic acids is 2. The molecule has 8 heteroatoms. The van der Waals surface area contributed by atoms with E-state index in [0.717, 1.165) is 0 Å². The fourth-order valence-corrected chi connectivity index (χ4v) is 3.07. The fraction of sp³-hybridized carbons (Fsp3) is 0.158. The molecule has 2 N–H and O–H groups in total. The van der Waals surface area contributed by atoms with Crippen LogP contribution in [0.1, 0.15) is 17.3 Å². The van der Waals surface area contributed by atoms with Gasteiger partial charge in [-0.2, -0.15) is 0 Å². The molecule has 0 radical (unpaired) electrons. The summed E-state index contributed by atoms with van der Waals surface area (Å²) >= 11 is 0. The second-order valence-corrected chi connectivity index (χ2v) is 7.33. The summed E-state index contributed by atoms with van der Waals surface area (Å²) in [7, 11) is -3.67. The van der Waals surface area contributed by atoms with Crippen LogP contribution in [-0.2, 0) is 19.6 Å². The van der Waals surface area contributed by atoms with Crippen molar-refractivity contribution < 1.29 is 22.7 Å². The topological polar surface area (TPSA) is 102 Å². The van der Waals surface area contributed by atoms with Gasteiger partial charge in [-0.1, -0.05) is 24.3 Å². The highest BCUT2D eigenvalue weighted by molar-refractivity contribution is 7.89. The van der Waals surface area contributed by atoms with Gasteiger partial charge in [-0.3, -0.25) is 4.79 Å². The molecule has 0 unspecified atom stereocenters. The van der Waals surface area contributed by atoms with E-state index in [9.17, 15) is 18.0 Å². The predicted molar refractivity (Wildman–Crippen MR) is 102 cm³/mol. The highest BCUT2D eigenvalue weighted by Crippen LogP contribution is 2.13. The molecule has 7 nitrogen and oxygen atoms in total. The molecule has 0 saturated heterocycles. The summed E-state index contributed by atoms with van der Waals surface area (Å²) in [5.74, 6) is -1.20. The van der Waals surface area contributed by atoms with Crippen LogP contribution in [0.15, 0.2) is 72.1 Å². The molecular formula is C19H20N2O5S. The number of esters is 1. The Balaban J connectivity index is 1.99. The maximum Gasteiger partial charge on any atom is 0.338 e. The summed E-state index contributed by atoms with van der Waals surface area (Å²) in [6.07, 6.45) is 0.404. The van der Waals surface area contributed by atoms with Crippen LogP contribution in [0.3, 0.4) is 0 Å². The van der Waals surface area contributed by atoms with E-state index < -0.39 is 28.0 Å². The van der Waals surface area contributed by atoms with Crippen molar-refractivity contribution in [2.75, 3.05) is 11.9 Å². The Hall–Kier alpha value is -2.97. The van der Waals surface area contributed by atoms with Crippen LogP contribution in [0, 0.1) is 0 Å². The van der Waals surface area contributed by atoms with Crippen LogP contribution in [0.25, 0.3) is 0 Å². The Kier molecular flexibility index (Phi) is 6.86. The van der Waals surface area contributed by atoms with E-state index in [4.69, 9.17) is 4.74 Å². The summed E-state index contributed by atoms with van der Waals surface area (Å²) in [6, 6.07) is 14.0. The first-order valence-corrected chi connectivity index (χ1v) is 9.59. The minimum absolute atomic E-state index is 0.00997. The number of amides is 1. The second kappa shape index (κ2) is 9.11. The van der Waals surface area contributed by atoms with Gasteiger partial charge in [0.25, 0.3) is 5.91 Å². The lowest BCUT2D eigenvalue weighted by molar-refractivity contribution is -0.123. The molecule has 0 aliphatic heterocycles. The molecule has 0 spiro atoms. The van der Waals surface area contributed by atoms with Crippen molar-refractivity contribution in [3.63, 3.8) is 0 Å². The minimum Gasteiger partial charge on any atom is -0.449 e. The molecule has 1 amide bonds. The lowest BCUT2D eigenvalue weighted by Gasteiger charge is -2.13. The number of anilines is 1. The molecule has 142 valence electrons. The van der Waals surface area contributed by atoms with E-state index >= 15 is 0 Å². The highest BCUT2D eigenvalue weighted by Gasteiger charge is 2.20. The summed E-state index contributed by atoms with van der Waals surface area (Å²) in [6.45, 7) is 4.99. The number of carbonyl (C=O) groups is 2. The van der Waals surface area contributed by atoms with Gasteiger partial charge in [0.1, 0.15) is 0 Å². The summed E-state index contributed by atoms with van der Waals surface area (Å²) in [4.78, 5) is 24.3. The van der Waals surface area contributed by atoms with E-state index in [2.05, 4.69) is 16.6 Å². The van der Waals surface area contributed by atoms with Gasteiger partial charge in [-0.05, 0) is 43.3 Å². The Labute approximate surface area is 158 Å². The number of nitrogens with one attached hydrogen (secondary N) is 2. The Morgan fingerprint density at radius 3 is 2.33 bits per heavy atom. The number of ether oxygens (including phenoxy) is 1. The van der Waals surface area contributed by atoms with E-state index in [-0.39, 0.29) is 17.0 Å². The maximum atomic E-state index is 12.2. The number of rotatable bonds is 8. The van der Waals surface area contributed by atoms with Crippen LogP contribution in [0.2, 0.25) is 0 Å². The zero-order chi connectivity index (χ0) is 19.9. The SMILES string of the molecule is C=CCNS(=O)(=O)c1ccc(C(=O)O[C@@H](C)C(=O)Nc2ccccc2)cc1. The molecule has 2 aromatic carbocycles. The van der Waals surface area contributed by atoms with E-state index in [1.54, 1.807) is 24.3 Å². The Morgan fingerprint density at radius 1 is 1.11 bits per heavy atom. The van der Waals surface area contributed by atoms with E-state index in [0.29, 0.717) is 5.69 Å². The molecule has 0 bridgehead atoms. The van der Waals surface area contributed by atoms with Gasteiger partial charge < -0.3 is 10.1 Å². The third kappa shape index (κ3) is 5.77. The van der Waals surface area contributed by atoms with Crippen molar-refractivity contribution in [1.29, 1.82) is 0 Å². The van der Waals surface area contributed by atoms with Gasteiger partial charge in [0.2, 0.25) is 10.0 Å². The third-order valence-corrected chi connectivity index (χ3v) is 4.95. The van der Waals surface area contributed by atoms with Crippen LogP contribution in [-0.4, -0.2) is 32.9 Å². The minimum atomic E-state index is -3.67. The highest BCUT2D eigenvalue weighted by atomic mass is 32.2. The number of hydrogen-bond acceptors (Lipinski definition) is 5. The fourth-order valence-electron chi connectivity index (χ4n) is 2.07. The summed E-state index contributed by atoms with van der Waals surface area (Å²) < 4.78 is 31.4. The van der Waals surface area contributed by atoms with Crippen molar-refractivity contribution in [2.24, 2.45) is 0 Å². The first kappa shape index (κ1) is 20.3. The van der Waals surface area contributed by atoms with Gasteiger partial charge in [0.15, 0.2) is 6.10 Å². The van der Waals surface area contributed by atoms with Crippen LogP contribution in [0.5, 0.6) is 0 Å². The molecule has 0 aliphatic carbocycles. The Morgan fingerprint density at radius 2 is 1.74 bits per heavy atom. The predicted octanol–water partition coefficient (Wildman–Crippen LogP) is 2.33. The quantitative estimate of drug-likeness (QED) is 0.534. The second-order valence-electron chi connectivity index (χ2n) is 5.57. The summed E-state index contributed by atoms with van der Waals surface area (Å²) in [5, 5.41) is 2.64. The Bertz CT molecular complexity index is 909. The smallest absolute Gasteiger partial charge is 0.338 e. The average molecular weight is 388 g/mol. The van der Waals surface area contributed by atoms with Crippen molar-refractivity contribution in [3.05, 3.63) is 72.8 Å². The first-order valence-electron chi connectivity index (χ1n) is 8.11. The van der Waals surface area contributed by atoms with Crippen LogP contribution in [0.4, 0.5) is 5.69 Å². The number of sulfonamides is 1. The normalized spacial score (nSPS) is 12.0. The van der Waals surface area contributed by atoms with Gasteiger partial charge in [0.05, 0.1) is 10.5 Å². The van der Waals surface area contributed by atoms with Crippen LogP contribution < -0.4 is 10.0 Å². The van der Waals surface area contributed by atoms with Crippen molar-refractivity contribution >= 4 is 27.6 Å². The van der Waals surface area contributed by atoms with Crippen molar-refractivity contribution in [1.82, 2.24) is 4.72 Å². The number of hydrogen-bond donors (Lipinski definition) is 2. The summed E-state index contributed by atoms with van der Waals surface area (Å²) in [5.41, 5.74) is 0.726. The molecule has 27 heavy (non-hydrogen) atoms. The lowest BCUT2D eigenvalue weighted by atomic mass is 10.2. The van der Waals surface area contributed by atoms with Crippen LogP contribution >= 0.6 is 0 Å². The van der Waals surface area contributed by atoms with Gasteiger partial charge in [0, 0.05) is 12.2 Å². The van der Waals surface area contributed by atoms with E-state index in [1.165, 1.54) is 37.3 Å².